The second kappa shape index (κ2) is 6.71. The van der Waals surface area contributed by atoms with Gasteiger partial charge in [0.05, 0.1) is 6.04 Å². The van der Waals surface area contributed by atoms with Crippen LogP contribution in [0.3, 0.4) is 0 Å². The summed E-state index contributed by atoms with van der Waals surface area (Å²) in [5.41, 5.74) is 0. The SMILES string of the molecule is CCCNC(=O)C(C)N1C2CCC1CC(NCC)C2. The Bertz CT molecular complexity index is 294. The smallest absolute Gasteiger partial charge is 0.237 e. The Morgan fingerprint density at radius 1 is 1.26 bits per heavy atom. The van der Waals surface area contributed by atoms with Crippen LogP contribution in [0.1, 0.15) is 52.9 Å². The van der Waals surface area contributed by atoms with Gasteiger partial charge in [-0.05, 0) is 45.6 Å². The summed E-state index contributed by atoms with van der Waals surface area (Å²) in [5.74, 6) is 0.209. The molecule has 0 spiro atoms. The second-order valence-electron chi connectivity index (χ2n) is 6.03. The van der Waals surface area contributed by atoms with Gasteiger partial charge in [0, 0.05) is 24.7 Å². The molecule has 2 saturated heterocycles. The van der Waals surface area contributed by atoms with Crippen molar-refractivity contribution >= 4 is 5.91 Å². The molecule has 0 aromatic rings. The molecule has 2 fully saturated rings. The fraction of sp³-hybridized carbons (Fsp3) is 0.933. The van der Waals surface area contributed by atoms with E-state index in [0.29, 0.717) is 18.1 Å². The van der Waals surface area contributed by atoms with Crippen molar-refractivity contribution < 1.29 is 4.79 Å². The van der Waals surface area contributed by atoms with Crippen LogP contribution in [0.4, 0.5) is 0 Å². The van der Waals surface area contributed by atoms with Gasteiger partial charge in [0.1, 0.15) is 0 Å². The molecule has 2 rings (SSSR count). The number of amides is 1. The van der Waals surface area contributed by atoms with E-state index >= 15 is 0 Å². The highest BCUT2D eigenvalue weighted by Gasteiger charge is 2.44. The van der Waals surface area contributed by atoms with E-state index in [1.807, 2.05) is 0 Å². The third-order valence-corrected chi connectivity index (χ3v) is 4.66. The van der Waals surface area contributed by atoms with Crippen molar-refractivity contribution in [2.45, 2.75) is 77.0 Å². The minimum atomic E-state index is 0.0339. The maximum Gasteiger partial charge on any atom is 0.237 e. The lowest BCUT2D eigenvalue weighted by Gasteiger charge is -2.42. The first-order valence-electron chi connectivity index (χ1n) is 7.95. The van der Waals surface area contributed by atoms with Crippen LogP contribution in [0.2, 0.25) is 0 Å². The summed E-state index contributed by atoms with van der Waals surface area (Å²) in [5, 5.41) is 6.62. The van der Waals surface area contributed by atoms with E-state index in [2.05, 4.69) is 36.3 Å². The average molecular weight is 267 g/mol. The van der Waals surface area contributed by atoms with E-state index < -0.39 is 0 Å². The van der Waals surface area contributed by atoms with E-state index in [9.17, 15) is 4.79 Å². The van der Waals surface area contributed by atoms with Crippen molar-refractivity contribution in [2.75, 3.05) is 13.1 Å². The zero-order valence-corrected chi connectivity index (χ0v) is 12.6. The van der Waals surface area contributed by atoms with Crippen LogP contribution >= 0.6 is 0 Å². The lowest BCUT2D eigenvalue weighted by molar-refractivity contribution is -0.127. The number of hydrogen-bond donors (Lipinski definition) is 2. The lowest BCUT2D eigenvalue weighted by Crippen LogP contribution is -2.56. The van der Waals surface area contributed by atoms with E-state index in [1.54, 1.807) is 0 Å². The van der Waals surface area contributed by atoms with E-state index in [4.69, 9.17) is 0 Å². The molecule has 2 heterocycles. The summed E-state index contributed by atoms with van der Waals surface area (Å²) in [4.78, 5) is 14.6. The normalized spacial score (nSPS) is 32.3. The summed E-state index contributed by atoms with van der Waals surface area (Å²) in [6.07, 6.45) is 5.94. The van der Waals surface area contributed by atoms with Crippen LogP contribution in [0.25, 0.3) is 0 Å². The van der Waals surface area contributed by atoms with Crippen molar-refractivity contribution in [1.82, 2.24) is 15.5 Å². The Hall–Kier alpha value is -0.610. The lowest BCUT2D eigenvalue weighted by atomic mass is 9.95. The molecule has 4 heteroatoms. The Labute approximate surface area is 117 Å². The number of carbonyl (C=O) groups is 1. The summed E-state index contributed by atoms with van der Waals surface area (Å²) in [7, 11) is 0. The van der Waals surface area contributed by atoms with Gasteiger partial charge in [0.15, 0.2) is 0 Å². The topological polar surface area (TPSA) is 44.4 Å². The molecule has 2 bridgehead atoms. The number of fused-ring (bicyclic) bond motifs is 2. The summed E-state index contributed by atoms with van der Waals surface area (Å²) < 4.78 is 0. The third-order valence-electron chi connectivity index (χ3n) is 4.66. The molecule has 0 saturated carbocycles. The van der Waals surface area contributed by atoms with Gasteiger partial charge >= 0.3 is 0 Å². The molecule has 19 heavy (non-hydrogen) atoms. The number of rotatable bonds is 6. The van der Waals surface area contributed by atoms with Crippen LogP contribution in [0.15, 0.2) is 0 Å². The molecule has 0 aliphatic carbocycles. The number of piperidine rings is 1. The predicted octanol–water partition coefficient (Wildman–Crippen LogP) is 1.51. The zero-order valence-electron chi connectivity index (χ0n) is 12.6. The number of nitrogens with one attached hydrogen (secondary N) is 2. The quantitative estimate of drug-likeness (QED) is 0.766. The maximum absolute atomic E-state index is 12.2. The Morgan fingerprint density at radius 2 is 1.89 bits per heavy atom. The van der Waals surface area contributed by atoms with Gasteiger partial charge in [0.2, 0.25) is 5.91 Å². The molecule has 1 amide bonds. The molecule has 3 unspecified atom stereocenters. The third kappa shape index (κ3) is 3.29. The Kier molecular flexibility index (Phi) is 5.22. The standard InChI is InChI=1S/C15H29N3O/c1-4-8-17-15(19)11(3)18-13-6-7-14(18)10-12(9-13)16-5-2/h11-14,16H,4-10H2,1-3H3,(H,17,19). The Morgan fingerprint density at radius 3 is 2.42 bits per heavy atom. The molecule has 4 nitrogen and oxygen atoms in total. The second-order valence-corrected chi connectivity index (χ2v) is 6.03. The highest BCUT2D eigenvalue weighted by molar-refractivity contribution is 5.81. The minimum Gasteiger partial charge on any atom is -0.355 e. The average Bonchev–Trinajstić information content (AvgIpc) is 2.67. The first-order chi connectivity index (χ1) is 9.17. The van der Waals surface area contributed by atoms with Crippen LogP contribution < -0.4 is 10.6 Å². The number of nitrogens with zero attached hydrogens (tertiary/aromatic N) is 1. The first-order valence-corrected chi connectivity index (χ1v) is 7.95. The van der Waals surface area contributed by atoms with Crippen molar-refractivity contribution in [3.05, 3.63) is 0 Å². The summed E-state index contributed by atoms with van der Waals surface area (Å²) in [6.45, 7) is 8.19. The molecule has 110 valence electrons. The fourth-order valence-electron chi connectivity index (χ4n) is 3.83. The zero-order chi connectivity index (χ0) is 13.8. The largest absolute Gasteiger partial charge is 0.355 e. The molecular formula is C15H29N3O. The van der Waals surface area contributed by atoms with Crippen LogP contribution in [-0.2, 0) is 4.79 Å². The number of carbonyl (C=O) groups excluding carboxylic acids is 1. The van der Waals surface area contributed by atoms with Gasteiger partial charge in [0.25, 0.3) is 0 Å². The molecule has 0 radical (unpaired) electrons. The van der Waals surface area contributed by atoms with Crippen molar-refractivity contribution in [3.63, 3.8) is 0 Å². The molecule has 2 N–H and O–H groups in total. The molecule has 2 aliphatic heterocycles. The van der Waals surface area contributed by atoms with E-state index in [1.165, 1.54) is 25.7 Å². The minimum absolute atomic E-state index is 0.0339. The monoisotopic (exact) mass is 267 g/mol. The van der Waals surface area contributed by atoms with Gasteiger partial charge in [-0.3, -0.25) is 9.69 Å². The highest BCUT2D eigenvalue weighted by Crippen LogP contribution is 2.37. The van der Waals surface area contributed by atoms with Crippen LogP contribution in [-0.4, -0.2) is 48.1 Å². The molecule has 2 aliphatic rings. The van der Waals surface area contributed by atoms with Crippen LogP contribution in [0, 0.1) is 0 Å². The van der Waals surface area contributed by atoms with Crippen molar-refractivity contribution in [2.24, 2.45) is 0 Å². The molecule has 0 aromatic carbocycles. The van der Waals surface area contributed by atoms with Crippen LogP contribution in [0.5, 0.6) is 0 Å². The molecule has 0 aromatic heterocycles. The van der Waals surface area contributed by atoms with Gasteiger partial charge in [-0.1, -0.05) is 13.8 Å². The van der Waals surface area contributed by atoms with E-state index in [-0.39, 0.29) is 11.9 Å². The van der Waals surface area contributed by atoms with Gasteiger partial charge in [-0.2, -0.15) is 0 Å². The fourth-order valence-corrected chi connectivity index (χ4v) is 3.83. The van der Waals surface area contributed by atoms with Crippen molar-refractivity contribution in [1.29, 1.82) is 0 Å². The van der Waals surface area contributed by atoms with Crippen molar-refractivity contribution in [3.8, 4) is 0 Å². The molecule has 3 atom stereocenters. The highest BCUT2D eigenvalue weighted by atomic mass is 16.2. The number of hydrogen-bond acceptors (Lipinski definition) is 3. The summed E-state index contributed by atoms with van der Waals surface area (Å²) in [6, 6.07) is 1.90. The first kappa shape index (κ1) is 14.8. The van der Waals surface area contributed by atoms with Gasteiger partial charge in [-0.15, -0.1) is 0 Å². The maximum atomic E-state index is 12.2. The molecular weight excluding hydrogens is 238 g/mol. The van der Waals surface area contributed by atoms with Gasteiger partial charge in [-0.25, -0.2) is 0 Å². The Balaban J connectivity index is 1.93. The predicted molar refractivity (Wildman–Crippen MR) is 78.1 cm³/mol. The van der Waals surface area contributed by atoms with E-state index in [0.717, 1.165) is 19.5 Å². The summed E-state index contributed by atoms with van der Waals surface area (Å²) >= 11 is 0. The van der Waals surface area contributed by atoms with Gasteiger partial charge < -0.3 is 10.6 Å².